The Kier molecular flexibility index (Phi) is 13.9. The van der Waals surface area contributed by atoms with Gasteiger partial charge in [-0.2, -0.15) is 0 Å². The highest BCUT2D eigenvalue weighted by molar-refractivity contribution is 8.76. The molecule has 0 aromatic heterocycles. The molecule has 6 heteroatoms. The van der Waals surface area contributed by atoms with E-state index in [-0.39, 0.29) is 17.0 Å². The third kappa shape index (κ3) is 10.2. The molecule has 8 atom stereocenters. The Balaban J connectivity index is 1.26. The first kappa shape index (κ1) is 39.6. The second-order valence-electron chi connectivity index (χ2n) is 18.8. The average molecular weight is 690 g/mol. The highest BCUT2D eigenvalue weighted by Gasteiger charge is 2.58. The van der Waals surface area contributed by atoms with E-state index < -0.39 is 0 Å². The van der Waals surface area contributed by atoms with E-state index in [1.807, 2.05) is 43.4 Å². The van der Waals surface area contributed by atoms with Crippen LogP contribution in [-0.2, 0) is 4.79 Å². The lowest BCUT2D eigenvalue weighted by molar-refractivity contribution is -0.131. The van der Waals surface area contributed by atoms with Crippen LogP contribution in [0.2, 0.25) is 0 Å². The van der Waals surface area contributed by atoms with E-state index in [2.05, 4.69) is 51.5 Å². The second kappa shape index (κ2) is 16.4. The van der Waals surface area contributed by atoms with Crippen LogP contribution in [0.5, 0.6) is 0 Å². The molecule has 4 nitrogen and oxygen atoms in total. The van der Waals surface area contributed by atoms with Crippen molar-refractivity contribution in [1.29, 1.82) is 0 Å². The quantitative estimate of drug-likeness (QED) is 0.0903. The zero-order valence-corrected chi connectivity index (χ0v) is 33.8. The Bertz CT molecular complexity index is 1030. The fourth-order valence-electron chi connectivity index (χ4n) is 10.6. The van der Waals surface area contributed by atoms with Crippen molar-refractivity contribution in [3.05, 3.63) is 11.6 Å². The van der Waals surface area contributed by atoms with Crippen LogP contribution in [0.1, 0.15) is 159 Å². The largest absolute Gasteiger partial charge is 0.343 e. The van der Waals surface area contributed by atoms with Gasteiger partial charge >= 0.3 is 0 Å². The topological polar surface area (TPSA) is 72.3 Å². The van der Waals surface area contributed by atoms with E-state index in [9.17, 15) is 4.79 Å². The summed E-state index contributed by atoms with van der Waals surface area (Å²) in [6, 6.07) is 0. The Morgan fingerprint density at radius 3 is 2.30 bits per heavy atom. The summed E-state index contributed by atoms with van der Waals surface area (Å²) in [6.07, 6.45) is 21.8. The molecule has 0 aliphatic heterocycles. The van der Waals surface area contributed by atoms with Gasteiger partial charge in [0.05, 0.1) is 0 Å². The maximum atomic E-state index is 13.2. The Labute approximate surface area is 299 Å². The number of amides is 1. The van der Waals surface area contributed by atoms with Gasteiger partial charge in [0.1, 0.15) is 0 Å². The monoisotopic (exact) mass is 690 g/mol. The van der Waals surface area contributed by atoms with Gasteiger partial charge in [-0.15, -0.1) is 0 Å². The summed E-state index contributed by atoms with van der Waals surface area (Å²) in [5.74, 6) is 6.58. The van der Waals surface area contributed by atoms with Gasteiger partial charge in [-0.1, -0.05) is 87.1 Å². The first-order chi connectivity index (χ1) is 22.0. The standard InChI is InChI=1S/C41H75N3OS2/c1-10-30(29(2)3)12-11-13-31-15-17-35-34-16-14-32-28-33(18-21-41(32,9)36(34)19-22-40(31,35)8)47-46-27-20-37(45)44(25-23-38(4,5)42)26-24-39(6,7)43/h14,29-31,33-36H,10-13,15-28,42-43H2,1-9H3. The molecule has 0 heterocycles. The number of nitrogens with zero attached hydrogens (tertiary/aromatic N) is 1. The average Bonchev–Trinajstić information content (AvgIpc) is 3.32. The van der Waals surface area contributed by atoms with Crippen LogP contribution in [-0.4, -0.2) is 46.0 Å². The van der Waals surface area contributed by atoms with E-state index in [0.717, 1.165) is 54.1 Å². The first-order valence-corrected chi connectivity index (χ1v) is 22.2. The molecule has 4 aliphatic rings. The molecule has 4 rings (SSSR count). The molecule has 0 aromatic carbocycles. The predicted octanol–water partition coefficient (Wildman–Crippen LogP) is 10.6. The van der Waals surface area contributed by atoms with E-state index >= 15 is 0 Å². The van der Waals surface area contributed by atoms with E-state index in [0.29, 0.717) is 35.6 Å². The van der Waals surface area contributed by atoms with Gasteiger partial charge in [0.25, 0.3) is 0 Å². The third-order valence-electron chi connectivity index (χ3n) is 13.9. The summed E-state index contributed by atoms with van der Waals surface area (Å²) in [4.78, 5) is 15.3. The van der Waals surface area contributed by atoms with Crippen molar-refractivity contribution in [2.45, 2.75) is 175 Å². The maximum absolute atomic E-state index is 13.2. The first-order valence-electron chi connectivity index (χ1n) is 19.8. The molecule has 0 bridgehead atoms. The lowest BCUT2D eigenvalue weighted by atomic mass is 9.47. The molecule has 47 heavy (non-hydrogen) atoms. The van der Waals surface area contributed by atoms with Crippen LogP contribution in [0, 0.1) is 46.3 Å². The molecule has 3 fully saturated rings. The lowest BCUT2D eigenvalue weighted by Gasteiger charge is -2.58. The number of carbonyl (C=O) groups is 1. The number of allylic oxidation sites excluding steroid dienone is 2. The number of hydrogen-bond donors (Lipinski definition) is 2. The number of nitrogens with two attached hydrogens (primary N) is 2. The number of carbonyl (C=O) groups excluding carboxylic acids is 1. The second-order valence-corrected chi connectivity index (χ2v) is 21.6. The number of hydrogen-bond acceptors (Lipinski definition) is 5. The molecular weight excluding hydrogens is 615 g/mol. The number of rotatable bonds is 17. The van der Waals surface area contributed by atoms with Crippen LogP contribution in [0.15, 0.2) is 11.6 Å². The lowest BCUT2D eigenvalue weighted by Crippen LogP contribution is -2.50. The third-order valence-corrected chi connectivity index (χ3v) is 16.8. The van der Waals surface area contributed by atoms with Crippen molar-refractivity contribution in [1.82, 2.24) is 4.90 Å². The zero-order chi connectivity index (χ0) is 34.6. The normalized spacial score (nSPS) is 33.2. The molecular formula is C41H75N3OS2. The predicted molar refractivity (Wildman–Crippen MR) is 208 cm³/mol. The van der Waals surface area contributed by atoms with Gasteiger partial charge in [-0.05, 0) is 145 Å². The van der Waals surface area contributed by atoms with Gasteiger partial charge < -0.3 is 16.4 Å². The van der Waals surface area contributed by atoms with Gasteiger partial charge in [-0.25, -0.2) is 0 Å². The van der Waals surface area contributed by atoms with Crippen molar-refractivity contribution >= 4 is 27.5 Å². The molecule has 1 amide bonds. The maximum Gasteiger partial charge on any atom is 0.223 e. The Morgan fingerprint density at radius 1 is 1.00 bits per heavy atom. The molecule has 272 valence electrons. The highest BCUT2D eigenvalue weighted by atomic mass is 33.1. The van der Waals surface area contributed by atoms with E-state index in [4.69, 9.17) is 11.5 Å². The van der Waals surface area contributed by atoms with Crippen LogP contribution in [0.4, 0.5) is 0 Å². The molecule has 0 radical (unpaired) electrons. The smallest absolute Gasteiger partial charge is 0.223 e. The summed E-state index contributed by atoms with van der Waals surface area (Å²) in [7, 11) is 3.99. The van der Waals surface area contributed by atoms with Crippen molar-refractivity contribution in [2.24, 2.45) is 57.8 Å². The summed E-state index contributed by atoms with van der Waals surface area (Å²) in [5, 5.41) is 0.681. The number of fused-ring (bicyclic) bond motifs is 5. The minimum Gasteiger partial charge on any atom is -0.343 e. The summed E-state index contributed by atoms with van der Waals surface area (Å²) >= 11 is 0. The molecule has 3 saturated carbocycles. The van der Waals surface area contributed by atoms with Crippen LogP contribution in [0.25, 0.3) is 0 Å². The van der Waals surface area contributed by atoms with E-state index in [1.54, 1.807) is 5.57 Å². The molecule has 0 saturated heterocycles. The summed E-state index contributed by atoms with van der Waals surface area (Å²) in [5.41, 5.74) is 14.8. The van der Waals surface area contributed by atoms with Gasteiger partial charge in [0.2, 0.25) is 5.91 Å². The molecule has 0 spiro atoms. The molecule has 4 aliphatic carbocycles. The van der Waals surface area contributed by atoms with Crippen LogP contribution < -0.4 is 11.5 Å². The van der Waals surface area contributed by atoms with Crippen LogP contribution >= 0.6 is 21.6 Å². The zero-order valence-electron chi connectivity index (χ0n) is 32.2. The minimum absolute atomic E-state index is 0.253. The van der Waals surface area contributed by atoms with E-state index in [1.165, 1.54) is 77.0 Å². The molecule has 0 aromatic rings. The molecule has 8 unspecified atom stereocenters. The van der Waals surface area contributed by atoms with Gasteiger partial charge in [-0.3, -0.25) is 4.79 Å². The van der Waals surface area contributed by atoms with Crippen LogP contribution in [0.3, 0.4) is 0 Å². The van der Waals surface area contributed by atoms with Gasteiger partial charge in [0, 0.05) is 41.6 Å². The summed E-state index contributed by atoms with van der Waals surface area (Å²) in [6.45, 7) is 22.2. The Morgan fingerprint density at radius 2 is 1.68 bits per heavy atom. The van der Waals surface area contributed by atoms with Crippen molar-refractivity contribution < 1.29 is 4.79 Å². The summed E-state index contributed by atoms with van der Waals surface area (Å²) < 4.78 is 0. The van der Waals surface area contributed by atoms with Crippen molar-refractivity contribution in [2.75, 3.05) is 18.8 Å². The van der Waals surface area contributed by atoms with Crippen molar-refractivity contribution in [3.63, 3.8) is 0 Å². The fraction of sp³-hybridized carbons (Fsp3) is 0.927. The highest BCUT2D eigenvalue weighted by Crippen LogP contribution is 2.67. The van der Waals surface area contributed by atoms with Crippen molar-refractivity contribution in [3.8, 4) is 0 Å². The molecule has 4 N–H and O–H groups in total. The fourth-order valence-corrected chi connectivity index (χ4v) is 13.2. The SMILES string of the molecule is CCC(CCCC1CCC2C3CC=C4CC(SSCCC(=O)N(CCC(C)(C)N)CCC(C)(C)N)CCC4(C)C3CCC12C)C(C)C. The van der Waals surface area contributed by atoms with Gasteiger partial charge in [0.15, 0.2) is 0 Å². The minimum atomic E-state index is -0.271. The Hall–Kier alpha value is -0.170.